The van der Waals surface area contributed by atoms with Crippen molar-refractivity contribution >= 4 is 11.6 Å². The Morgan fingerprint density at radius 1 is 1.04 bits per heavy atom. The van der Waals surface area contributed by atoms with Crippen molar-refractivity contribution in [2.75, 3.05) is 26.8 Å². The molecule has 24 heavy (non-hydrogen) atoms. The van der Waals surface area contributed by atoms with Crippen LogP contribution in [0.15, 0.2) is 48.5 Å². The third-order valence-corrected chi connectivity index (χ3v) is 3.82. The summed E-state index contributed by atoms with van der Waals surface area (Å²) in [6.07, 6.45) is -0.606. The van der Waals surface area contributed by atoms with Gasteiger partial charge in [0.05, 0.1) is 11.6 Å². The maximum atomic E-state index is 10.2. The molecule has 0 saturated heterocycles. The Labute approximate surface area is 148 Å². The molecular formula is C19H24ClNO3. The van der Waals surface area contributed by atoms with E-state index in [2.05, 4.69) is 0 Å². The van der Waals surface area contributed by atoms with E-state index < -0.39 is 6.10 Å². The SMILES string of the molecule is CCOc1ccccc1CN(C)CC(O)COc1ccccc1Cl. The second-order valence-electron chi connectivity index (χ2n) is 5.63. The van der Waals surface area contributed by atoms with Crippen molar-refractivity contribution in [3.8, 4) is 11.5 Å². The molecule has 2 aromatic carbocycles. The van der Waals surface area contributed by atoms with E-state index in [1.165, 1.54) is 0 Å². The number of rotatable bonds is 9. The first-order chi connectivity index (χ1) is 11.6. The Morgan fingerprint density at radius 3 is 2.42 bits per heavy atom. The summed E-state index contributed by atoms with van der Waals surface area (Å²) in [5, 5.41) is 10.7. The molecule has 0 spiro atoms. The molecule has 0 amide bonds. The summed E-state index contributed by atoms with van der Waals surface area (Å²) in [5.74, 6) is 1.47. The topological polar surface area (TPSA) is 41.9 Å². The minimum absolute atomic E-state index is 0.196. The van der Waals surface area contributed by atoms with E-state index in [1.54, 1.807) is 12.1 Å². The predicted molar refractivity (Wildman–Crippen MR) is 96.9 cm³/mol. The Bertz CT molecular complexity index is 636. The van der Waals surface area contributed by atoms with Gasteiger partial charge in [-0.2, -0.15) is 0 Å². The van der Waals surface area contributed by atoms with E-state index in [0.29, 0.717) is 30.5 Å². The highest BCUT2D eigenvalue weighted by atomic mass is 35.5. The zero-order valence-electron chi connectivity index (χ0n) is 14.1. The summed E-state index contributed by atoms with van der Waals surface area (Å²) < 4.78 is 11.2. The molecule has 5 heteroatoms. The second-order valence-corrected chi connectivity index (χ2v) is 6.04. The lowest BCUT2D eigenvalue weighted by Crippen LogP contribution is -2.32. The van der Waals surface area contributed by atoms with Gasteiger partial charge in [-0.05, 0) is 32.2 Å². The number of likely N-dealkylation sites (N-methyl/N-ethyl adjacent to an activating group) is 1. The molecule has 0 aliphatic rings. The van der Waals surface area contributed by atoms with Crippen LogP contribution in [0.4, 0.5) is 0 Å². The molecule has 130 valence electrons. The lowest BCUT2D eigenvalue weighted by molar-refractivity contribution is 0.0741. The van der Waals surface area contributed by atoms with Crippen LogP contribution in [0.25, 0.3) is 0 Å². The fourth-order valence-corrected chi connectivity index (χ4v) is 2.64. The maximum Gasteiger partial charge on any atom is 0.138 e. The van der Waals surface area contributed by atoms with Gasteiger partial charge >= 0.3 is 0 Å². The van der Waals surface area contributed by atoms with Crippen LogP contribution in [0.5, 0.6) is 11.5 Å². The van der Waals surface area contributed by atoms with Gasteiger partial charge in [0.2, 0.25) is 0 Å². The first-order valence-electron chi connectivity index (χ1n) is 8.04. The lowest BCUT2D eigenvalue weighted by Gasteiger charge is -2.22. The third kappa shape index (κ3) is 5.71. The molecule has 1 N–H and O–H groups in total. The number of benzene rings is 2. The van der Waals surface area contributed by atoms with E-state index in [-0.39, 0.29) is 6.61 Å². The molecular weight excluding hydrogens is 326 g/mol. The Morgan fingerprint density at radius 2 is 1.71 bits per heavy atom. The maximum absolute atomic E-state index is 10.2. The van der Waals surface area contributed by atoms with E-state index in [9.17, 15) is 5.11 Å². The number of para-hydroxylation sites is 2. The van der Waals surface area contributed by atoms with Crippen LogP contribution in [0, 0.1) is 0 Å². The van der Waals surface area contributed by atoms with Crippen molar-refractivity contribution in [1.29, 1.82) is 0 Å². The fourth-order valence-electron chi connectivity index (χ4n) is 2.45. The van der Waals surface area contributed by atoms with Gasteiger partial charge in [0, 0.05) is 18.7 Å². The van der Waals surface area contributed by atoms with Crippen molar-refractivity contribution in [3.05, 3.63) is 59.1 Å². The number of halogens is 1. The average Bonchev–Trinajstić information content (AvgIpc) is 2.56. The van der Waals surface area contributed by atoms with Gasteiger partial charge in [-0.25, -0.2) is 0 Å². The zero-order chi connectivity index (χ0) is 17.4. The Hall–Kier alpha value is -1.75. The summed E-state index contributed by atoms with van der Waals surface area (Å²) in [6.45, 7) is 3.98. The van der Waals surface area contributed by atoms with Crippen LogP contribution in [0.1, 0.15) is 12.5 Å². The molecule has 2 aromatic rings. The fraction of sp³-hybridized carbons (Fsp3) is 0.368. The number of hydrogen-bond acceptors (Lipinski definition) is 4. The Kier molecular flexibility index (Phi) is 7.37. The van der Waals surface area contributed by atoms with Crippen molar-refractivity contribution in [2.45, 2.75) is 19.6 Å². The largest absolute Gasteiger partial charge is 0.494 e. The van der Waals surface area contributed by atoms with E-state index >= 15 is 0 Å². The van der Waals surface area contributed by atoms with Gasteiger partial charge in [0.1, 0.15) is 24.2 Å². The number of hydrogen-bond donors (Lipinski definition) is 1. The molecule has 2 rings (SSSR count). The number of aliphatic hydroxyl groups is 1. The quantitative estimate of drug-likeness (QED) is 0.751. The Balaban J connectivity index is 1.83. The normalized spacial score (nSPS) is 12.2. The first kappa shape index (κ1) is 18.6. The van der Waals surface area contributed by atoms with Gasteiger partial charge in [0.25, 0.3) is 0 Å². The number of nitrogens with zero attached hydrogens (tertiary/aromatic N) is 1. The molecule has 0 heterocycles. The minimum atomic E-state index is -0.606. The summed E-state index contributed by atoms with van der Waals surface area (Å²) in [7, 11) is 1.96. The van der Waals surface area contributed by atoms with Crippen LogP contribution >= 0.6 is 11.6 Å². The molecule has 0 fully saturated rings. The van der Waals surface area contributed by atoms with Crippen molar-refractivity contribution in [3.63, 3.8) is 0 Å². The highest BCUT2D eigenvalue weighted by Crippen LogP contribution is 2.23. The standard InChI is InChI=1S/C19H24ClNO3/c1-3-23-18-10-6-4-8-15(18)12-21(2)13-16(22)14-24-19-11-7-5-9-17(19)20/h4-11,16,22H,3,12-14H2,1-2H3. The van der Waals surface area contributed by atoms with Gasteiger partial charge in [0.15, 0.2) is 0 Å². The predicted octanol–water partition coefficient (Wildman–Crippen LogP) is 3.61. The van der Waals surface area contributed by atoms with E-state index in [0.717, 1.165) is 11.3 Å². The molecule has 0 aliphatic heterocycles. The molecule has 0 radical (unpaired) electrons. The highest BCUT2D eigenvalue weighted by molar-refractivity contribution is 6.32. The molecule has 4 nitrogen and oxygen atoms in total. The van der Waals surface area contributed by atoms with Crippen molar-refractivity contribution < 1.29 is 14.6 Å². The summed E-state index contributed by atoms with van der Waals surface area (Å²) >= 11 is 6.04. The number of aliphatic hydroxyl groups excluding tert-OH is 1. The van der Waals surface area contributed by atoms with E-state index in [1.807, 2.05) is 55.3 Å². The van der Waals surface area contributed by atoms with Crippen LogP contribution in [0.3, 0.4) is 0 Å². The molecule has 0 bridgehead atoms. The van der Waals surface area contributed by atoms with Gasteiger partial charge < -0.3 is 14.6 Å². The summed E-state index contributed by atoms with van der Waals surface area (Å²) in [4.78, 5) is 2.04. The van der Waals surface area contributed by atoms with Gasteiger partial charge in [-0.3, -0.25) is 4.90 Å². The second kappa shape index (κ2) is 9.52. The molecule has 1 atom stereocenters. The zero-order valence-corrected chi connectivity index (χ0v) is 14.9. The molecule has 1 unspecified atom stereocenters. The van der Waals surface area contributed by atoms with Crippen LogP contribution in [0.2, 0.25) is 5.02 Å². The molecule has 0 saturated carbocycles. The number of ether oxygens (including phenoxy) is 2. The monoisotopic (exact) mass is 349 g/mol. The van der Waals surface area contributed by atoms with Crippen molar-refractivity contribution in [2.24, 2.45) is 0 Å². The summed E-state index contributed by atoms with van der Waals surface area (Å²) in [5.41, 5.74) is 1.10. The van der Waals surface area contributed by atoms with Crippen LogP contribution in [-0.2, 0) is 6.54 Å². The third-order valence-electron chi connectivity index (χ3n) is 3.50. The molecule has 0 aliphatic carbocycles. The average molecular weight is 350 g/mol. The first-order valence-corrected chi connectivity index (χ1v) is 8.42. The lowest BCUT2D eigenvalue weighted by atomic mass is 10.2. The van der Waals surface area contributed by atoms with Crippen LogP contribution < -0.4 is 9.47 Å². The highest BCUT2D eigenvalue weighted by Gasteiger charge is 2.12. The van der Waals surface area contributed by atoms with Gasteiger partial charge in [-0.15, -0.1) is 0 Å². The van der Waals surface area contributed by atoms with Crippen LogP contribution in [-0.4, -0.2) is 42.9 Å². The smallest absolute Gasteiger partial charge is 0.138 e. The molecule has 0 aromatic heterocycles. The van der Waals surface area contributed by atoms with Gasteiger partial charge in [-0.1, -0.05) is 41.9 Å². The van der Waals surface area contributed by atoms with Crippen molar-refractivity contribution in [1.82, 2.24) is 4.90 Å². The van der Waals surface area contributed by atoms with E-state index in [4.69, 9.17) is 21.1 Å². The summed E-state index contributed by atoms with van der Waals surface area (Å²) in [6, 6.07) is 15.2. The minimum Gasteiger partial charge on any atom is -0.494 e.